The number of rotatable bonds is 7. The van der Waals surface area contributed by atoms with Gasteiger partial charge in [-0.2, -0.15) is 0 Å². The zero-order valence-electron chi connectivity index (χ0n) is 15.0. The van der Waals surface area contributed by atoms with E-state index in [1.807, 2.05) is 0 Å². The van der Waals surface area contributed by atoms with Gasteiger partial charge < -0.3 is 10.1 Å². The maximum atomic E-state index is 12.5. The molecule has 9 heteroatoms. The summed E-state index contributed by atoms with van der Waals surface area (Å²) >= 11 is 11.9. The van der Waals surface area contributed by atoms with Crippen molar-refractivity contribution in [2.75, 3.05) is 7.11 Å². The van der Waals surface area contributed by atoms with Crippen LogP contribution in [0.1, 0.15) is 29.8 Å². The monoisotopic (exact) mass is 430 g/mol. The maximum absolute atomic E-state index is 12.5. The lowest BCUT2D eigenvalue weighted by Crippen LogP contribution is -2.31. The van der Waals surface area contributed by atoms with E-state index in [4.69, 9.17) is 27.9 Å². The lowest BCUT2D eigenvalue weighted by molar-refractivity contribution is 0.0950. The third-order valence-electron chi connectivity index (χ3n) is 3.56. The normalized spacial score (nSPS) is 11.5. The summed E-state index contributed by atoms with van der Waals surface area (Å²) in [5.74, 6) is -0.287. The summed E-state index contributed by atoms with van der Waals surface area (Å²) in [6.07, 6.45) is 0. The van der Waals surface area contributed by atoms with Crippen LogP contribution in [-0.4, -0.2) is 27.5 Å². The number of amides is 1. The number of sulfonamides is 1. The van der Waals surface area contributed by atoms with Crippen molar-refractivity contribution in [3.05, 3.63) is 57.6 Å². The van der Waals surface area contributed by atoms with Crippen molar-refractivity contribution in [2.45, 2.75) is 31.3 Å². The second kappa shape index (κ2) is 8.93. The summed E-state index contributed by atoms with van der Waals surface area (Å²) in [4.78, 5) is 12.4. The average Bonchev–Trinajstić information content (AvgIpc) is 2.59. The van der Waals surface area contributed by atoms with Crippen LogP contribution in [0, 0.1) is 0 Å². The van der Waals surface area contributed by atoms with Crippen LogP contribution >= 0.6 is 23.2 Å². The molecule has 0 aromatic heterocycles. The molecule has 0 fully saturated rings. The molecule has 0 radical (unpaired) electrons. The van der Waals surface area contributed by atoms with Crippen molar-refractivity contribution >= 4 is 39.1 Å². The first-order valence-electron chi connectivity index (χ1n) is 8.06. The average molecular weight is 431 g/mol. The Morgan fingerprint density at radius 1 is 1.15 bits per heavy atom. The minimum absolute atomic E-state index is 0.101. The Hall–Kier alpha value is -1.80. The van der Waals surface area contributed by atoms with Gasteiger partial charge in [0.1, 0.15) is 10.6 Å². The van der Waals surface area contributed by atoms with Crippen molar-refractivity contribution in [1.29, 1.82) is 0 Å². The standard InChI is InChI=1S/C18H20Cl2N2O4S/c1-11(2)22-27(24,25)17-8-12(5-7-16(17)26-3)18(23)21-10-13-4-6-14(19)9-15(13)20/h4-9,11,22H,10H2,1-3H3,(H,21,23). The molecule has 0 aliphatic heterocycles. The van der Waals surface area contributed by atoms with Gasteiger partial charge in [0.25, 0.3) is 5.91 Å². The van der Waals surface area contributed by atoms with E-state index in [2.05, 4.69) is 10.0 Å². The molecule has 6 nitrogen and oxygen atoms in total. The number of ether oxygens (including phenoxy) is 1. The fourth-order valence-electron chi connectivity index (χ4n) is 2.34. The van der Waals surface area contributed by atoms with E-state index in [9.17, 15) is 13.2 Å². The Balaban J connectivity index is 2.25. The van der Waals surface area contributed by atoms with Crippen LogP contribution in [0.5, 0.6) is 5.75 Å². The van der Waals surface area contributed by atoms with Crippen LogP contribution in [0.15, 0.2) is 41.3 Å². The van der Waals surface area contributed by atoms with Crippen LogP contribution in [0.25, 0.3) is 0 Å². The topological polar surface area (TPSA) is 84.5 Å². The summed E-state index contributed by atoms with van der Waals surface area (Å²) < 4.78 is 32.6. The SMILES string of the molecule is COc1ccc(C(=O)NCc2ccc(Cl)cc2Cl)cc1S(=O)(=O)NC(C)C. The van der Waals surface area contributed by atoms with E-state index in [1.165, 1.54) is 25.3 Å². The minimum atomic E-state index is -3.83. The van der Waals surface area contributed by atoms with E-state index in [0.717, 1.165) is 0 Å². The van der Waals surface area contributed by atoms with Crippen molar-refractivity contribution < 1.29 is 17.9 Å². The van der Waals surface area contributed by atoms with Gasteiger partial charge in [-0.15, -0.1) is 0 Å². The summed E-state index contributed by atoms with van der Waals surface area (Å²) in [6, 6.07) is 8.88. The van der Waals surface area contributed by atoms with Crippen LogP contribution in [0.2, 0.25) is 10.0 Å². The van der Waals surface area contributed by atoms with Gasteiger partial charge >= 0.3 is 0 Å². The molecule has 1 amide bonds. The third-order valence-corrected chi connectivity index (χ3v) is 5.83. The smallest absolute Gasteiger partial charge is 0.251 e. The predicted octanol–water partition coefficient (Wildman–Crippen LogP) is 3.62. The highest BCUT2D eigenvalue weighted by Gasteiger charge is 2.22. The van der Waals surface area contributed by atoms with E-state index in [0.29, 0.717) is 15.6 Å². The molecule has 0 aliphatic rings. The molecule has 0 bridgehead atoms. The number of carbonyl (C=O) groups excluding carboxylic acids is 1. The largest absolute Gasteiger partial charge is 0.495 e. The molecule has 0 aliphatic carbocycles. The summed E-state index contributed by atoms with van der Waals surface area (Å²) in [5, 5.41) is 3.64. The van der Waals surface area contributed by atoms with Crippen LogP contribution in [-0.2, 0) is 16.6 Å². The zero-order chi connectivity index (χ0) is 20.2. The number of halogens is 2. The number of methoxy groups -OCH3 is 1. The van der Waals surface area contributed by atoms with Gasteiger partial charge in [0.15, 0.2) is 0 Å². The molecule has 0 heterocycles. The first-order valence-corrected chi connectivity index (χ1v) is 10.3. The molecule has 0 saturated heterocycles. The predicted molar refractivity (Wildman–Crippen MR) is 106 cm³/mol. The van der Waals surface area contributed by atoms with Crippen molar-refractivity contribution in [3.63, 3.8) is 0 Å². The lowest BCUT2D eigenvalue weighted by atomic mass is 10.2. The molecular formula is C18H20Cl2N2O4S. The van der Waals surface area contributed by atoms with Gasteiger partial charge in [-0.25, -0.2) is 13.1 Å². The highest BCUT2D eigenvalue weighted by atomic mass is 35.5. The first-order chi connectivity index (χ1) is 12.6. The second-order valence-corrected chi connectivity index (χ2v) is 8.59. The summed E-state index contributed by atoms with van der Waals surface area (Å²) in [5.41, 5.74) is 0.877. The Morgan fingerprint density at radius 2 is 1.85 bits per heavy atom. The van der Waals surface area contributed by atoms with Gasteiger partial charge in [0.2, 0.25) is 10.0 Å². The van der Waals surface area contributed by atoms with Crippen molar-refractivity contribution in [1.82, 2.24) is 10.0 Å². The molecule has 0 atom stereocenters. The third kappa shape index (κ3) is 5.59. The number of nitrogens with one attached hydrogen (secondary N) is 2. The summed E-state index contributed by atoms with van der Waals surface area (Å²) in [7, 11) is -2.46. The number of hydrogen-bond acceptors (Lipinski definition) is 4. The van der Waals surface area contributed by atoms with Gasteiger partial charge in [0.05, 0.1) is 7.11 Å². The van der Waals surface area contributed by atoms with Gasteiger partial charge in [-0.1, -0.05) is 29.3 Å². The minimum Gasteiger partial charge on any atom is -0.495 e. The maximum Gasteiger partial charge on any atom is 0.251 e. The zero-order valence-corrected chi connectivity index (χ0v) is 17.4. The van der Waals surface area contributed by atoms with Crippen molar-refractivity contribution in [3.8, 4) is 5.75 Å². The fraction of sp³-hybridized carbons (Fsp3) is 0.278. The Labute approximate surface area is 168 Å². The Bertz CT molecular complexity index is 946. The molecule has 2 aromatic rings. The highest BCUT2D eigenvalue weighted by molar-refractivity contribution is 7.89. The molecule has 2 N–H and O–H groups in total. The first kappa shape index (κ1) is 21.5. The van der Waals surface area contributed by atoms with Gasteiger partial charge in [-0.05, 0) is 49.7 Å². The molecule has 146 valence electrons. The highest BCUT2D eigenvalue weighted by Crippen LogP contribution is 2.25. The quantitative estimate of drug-likeness (QED) is 0.702. The molecule has 0 unspecified atom stereocenters. The molecule has 2 aromatic carbocycles. The lowest BCUT2D eigenvalue weighted by Gasteiger charge is -2.14. The number of hydrogen-bond donors (Lipinski definition) is 2. The van der Waals surface area contributed by atoms with E-state index >= 15 is 0 Å². The van der Waals surface area contributed by atoms with E-state index in [-0.39, 0.29) is 28.8 Å². The molecular weight excluding hydrogens is 411 g/mol. The number of benzene rings is 2. The summed E-state index contributed by atoms with van der Waals surface area (Å²) in [6.45, 7) is 3.58. The van der Waals surface area contributed by atoms with Crippen molar-refractivity contribution in [2.24, 2.45) is 0 Å². The van der Waals surface area contributed by atoms with E-state index in [1.54, 1.807) is 32.0 Å². The molecule has 27 heavy (non-hydrogen) atoms. The second-order valence-electron chi connectivity index (χ2n) is 6.06. The molecule has 0 saturated carbocycles. The van der Waals surface area contributed by atoms with Gasteiger partial charge in [0, 0.05) is 28.2 Å². The van der Waals surface area contributed by atoms with Gasteiger partial charge in [-0.3, -0.25) is 4.79 Å². The number of carbonyl (C=O) groups is 1. The van der Waals surface area contributed by atoms with Crippen LogP contribution in [0.3, 0.4) is 0 Å². The molecule has 0 spiro atoms. The van der Waals surface area contributed by atoms with Crippen LogP contribution in [0.4, 0.5) is 0 Å². The molecule has 2 rings (SSSR count). The fourth-order valence-corrected chi connectivity index (χ4v) is 4.27. The Morgan fingerprint density at radius 3 is 2.44 bits per heavy atom. The Kier molecular flexibility index (Phi) is 7.11. The van der Waals surface area contributed by atoms with E-state index < -0.39 is 15.9 Å². The van der Waals surface area contributed by atoms with Crippen LogP contribution < -0.4 is 14.8 Å².